The zero-order chi connectivity index (χ0) is 18.0. The van der Waals surface area contributed by atoms with Crippen LogP contribution in [0.4, 0.5) is 5.69 Å². The Labute approximate surface area is 150 Å². The fraction of sp³-hybridized carbons (Fsp3) is 0.267. The molecule has 0 saturated heterocycles. The van der Waals surface area contributed by atoms with E-state index in [1.165, 1.54) is 29.5 Å². The average Bonchev–Trinajstić information content (AvgIpc) is 3.15. The maximum absolute atomic E-state index is 12.3. The SMILES string of the molecule is CSCCn1c(=NC(=O)c2cc(C)on2)sc2cc([N+](=O)[O-])ccc21. The minimum Gasteiger partial charge on any atom is -0.361 e. The molecule has 3 aromatic rings. The van der Waals surface area contributed by atoms with E-state index in [1.54, 1.807) is 24.8 Å². The van der Waals surface area contributed by atoms with Crippen LogP contribution in [0.2, 0.25) is 0 Å². The molecule has 8 nitrogen and oxygen atoms in total. The Balaban J connectivity index is 2.12. The second-order valence-electron chi connectivity index (χ2n) is 5.18. The molecule has 0 N–H and O–H groups in total. The van der Waals surface area contributed by atoms with Crippen molar-refractivity contribution >= 4 is 44.9 Å². The summed E-state index contributed by atoms with van der Waals surface area (Å²) in [6, 6.07) is 6.17. The number of carbonyl (C=O) groups excluding carboxylic acids is 1. The van der Waals surface area contributed by atoms with Crippen LogP contribution in [0.15, 0.2) is 33.8 Å². The van der Waals surface area contributed by atoms with Crippen molar-refractivity contribution in [2.24, 2.45) is 4.99 Å². The van der Waals surface area contributed by atoms with Crippen LogP contribution in [0, 0.1) is 17.0 Å². The summed E-state index contributed by atoms with van der Waals surface area (Å²) in [4.78, 5) is 27.5. The smallest absolute Gasteiger partial charge is 0.301 e. The number of nitro groups is 1. The highest BCUT2D eigenvalue weighted by molar-refractivity contribution is 7.98. The summed E-state index contributed by atoms with van der Waals surface area (Å²) in [6.07, 6.45) is 1.99. The molecule has 130 valence electrons. The van der Waals surface area contributed by atoms with Gasteiger partial charge in [-0.15, -0.1) is 0 Å². The largest absolute Gasteiger partial charge is 0.361 e. The Hall–Kier alpha value is -2.46. The third kappa shape index (κ3) is 3.64. The van der Waals surface area contributed by atoms with Crippen LogP contribution in [0.1, 0.15) is 16.2 Å². The number of fused-ring (bicyclic) bond motifs is 1. The zero-order valence-corrected chi connectivity index (χ0v) is 15.1. The molecule has 10 heteroatoms. The number of rotatable bonds is 5. The first-order valence-corrected chi connectivity index (χ1v) is 9.49. The number of non-ortho nitro benzene ring substituents is 1. The quantitative estimate of drug-likeness (QED) is 0.499. The predicted octanol–water partition coefficient (Wildman–Crippen LogP) is 3.01. The molecule has 1 aromatic carbocycles. The van der Waals surface area contributed by atoms with Crippen LogP contribution in [-0.4, -0.2) is 32.6 Å². The van der Waals surface area contributed by atoms with Gasteiger partial charge in [0.1, 0.15) is 5.76 Å². The number of benzene rings is 1. The van der Waals surface area contributed by atoms with Crippen molar-refractivity contribution < 1.29 is 14.2 Å². The van der Waals surface area contributed by atoms with Crippen molar-refractivity contribution in [1.29, 1.82) is 0 Å². The lowest BCUT2D eigenvalue weighted by Gasteiger charge is -2.03. The molecule has 0 spiro atoms. The maximum Gasteiger partial charge on any atom is 0.301 e. The van der Waals surface area contributed by atoms with E-state index in [2.05, 4.69) is 10.1 Å². The summed E-state index contributed by atoms with van der Waals surface area (Å²) in [5, 5.41) is 14.7. The molecule has 0 aliphatic rings. The molecule has 0 radical (unpaired) electrons. The first kappa shape index (κ1) is 17.4. The number of aryl methyl sites for hydroxylation is 2. The number of nitrogens with zero attached hydrogens (tertiary/aromatic N) is 4. The van der Waals surface area contributed by atoms with Gasteiger partial charge in [-0.2, -0.15) is 16.8 Å². The van der Waals surface area contributed by atoms with Crippen LogP contribution in [-0.2, 0) is 6.54 Å². The Kier molecular flexibility index (Phi) is 5.00. The van der Waals surface area contributed by atoms with Gasteiger partial charge in [0, 0.05) is 30.5 Å². The van der Waals surface area contributed by atoms with Gasteiger partial charge in [0.2, 0.25) is 0 Å². The number of nitro benzene ring substituents is 1. The Morgan fingerprint density at radius 3 is 2.92 bits per heavy atom. The maximum atomic E-state index is 12.3. The van der Waals surface area contributed by atoms with Crippen molar-refractivity contribution in [2.45, 2.75) is 13.5 Å². The van der Waals surface area contributed by atoms with E-state index >= 15 is 0 Å². The number of amides is 1. The van der Waals surface area contributed by atoms with Gasteiger partial charge >= 0.3 is 5.91 Å². The topological polar surface area (TPSA) is 104 Å². The van der Waals surface area contributed by atoms with E-state index in [-0.39, 0.29) is 11.4 Å². The summed E-state index contributed by atoms with van der Waals surface area (Å²) in [6.45, 7) is 2.34. The average molecular weight is 378 g/mol. The lowest BCUT2D eigenvalue weighted by Crippen LogP contribution is -2.18. The fourth-order valence-electron chi connectivity index (χ4n) is 2.27. The van der Waals surface area contributed by atoms with Gasteiger partial charge in [-0.1, -0.05) is 16.5 Å². The van der Waals surface area contributed by atoms with Crippen LogP contribution in [0.3, 0.4) is 0 Å². The predicted molar refractivity (Wildman–Crippen MR) is 96.0 cm³/mol. The first-order valence-electron chi connectivity index (χ1n) is 7.28. The van der Waals surface area contributed by atoms with E-state index in [4.69, 9.17) is 4.52 Å². The molecule has 3 rings (SSSR count). The molecule has 0 fully saturated rings. The molecule has 0 bridgehead atoms. The number of hydrogen-bond acceptors (Lipinski definition) is 7. The van der Waals surface area contributed by atoms with Crippen molar-refractivity contribution in [3.63, 3.8) is 0 Å². The standard InChI is InChI=1S/C15H14N4O4S2/c1-9-7-11(17-23-9)14(20)16-15-18(5-6-24-2)12-4-3-10(19(21)22)8-13(12)25-15/h3-4,7-8H,5-6H2,1-2H3. The van der Waals surface area contributed by atoms with Gasteiger partial charge < -0.3 is 9.09 Å². The molecule has 0 aliphatic carbocycles. The van der Waals surface area contributed by atoms with E-state index < -0.39 is 10.8 Å². The van der Waals surface area contributed by atoms with Gasteiger partial charge in [-0.25, -0.2) is 0 Å². The highest BCUT2D eigenvalue weighted by Crippen LogP contribution is 2.23. The molecule has 0 atom stereocenters. The Morgan fingerprint density at radius 2 is 2.28 bits per heavy atom. The van der Waals surface area contributed by atoms with Crippen molar-refractivity contribution in [1.82, 2.24) is 9.72 Å². The highest BCUT2D eigenvalue weighted by atomic mass is 32.2. The van der Waals surface area contributed by atoms with Gasteiger partial charge in [-0.3, -0.25) is 14.9 Å². The zero-order valence-electron chi connectivity index (χ0n) is 13.5. The molecule has 2 heterocycles. The monoisotopic (exact) mass is 378 g/mol. The molecular formula is C15H14N4O4S2. The minimum absolute atomic E-state index is 0.00997. The number of aromatic nitrogens is 2. The van der Waals surface area contributed by atoms with Crippen LogP contribution in [0.25, 0.3) is 10.2 Å². The summed E-state index contributed by atoms with van der Waals surface area (Å²) in [5.41, 5.74) is 0.959. The van der Waals surface area contributed by atoms with E-state index in [1.807, 2.05) is 10.8 Å². The molecule has 0 aliphatic heterocycles. The molecular weight excluding hydrogens is 364 g/mol. The number of thiazole rings is 1. The summed E-state index contributed by atoms with van der Waals surface area (Å²) < 4.78 is 7.51. The fourth-order valence-corrected chi connectivity index (χ4v) is 3.72. The molecule has 25 heavy (non-hydrogen) atoms. The highest BCUT2D eigenvalue weighted by Gasteiger charge is 2.14. The second-order valence-corrected chi connectivity index (χ2v) is 7.17. The minimum atomic E-state index is -0.504. The number of thioether (sulfide) groups is 1. The Bertz CT molecular complexity index is 1020. The van der Waals surface area contributed by atoms with Crippen LogP contribution >= 0.6 is 23.1 Å². The number of hydrogen-bond donors (Lipinski definition) is 0. The van der Waals surface area contributed by atoms with Crippen LogP contribution in [0.5, 0.6) is 0 Å². The van der Waals surface area contributed by atoms with Crippen molar-refractivity contribution in [3.05, 3.63) is 50.6 Å². The van der Waals surface area contributed by atoms with E-state index in [0.29, 0.717) is 21.8 Å². The van der Waals surface area contributed by atoms with Crippen molar-refractivity contribution in [3.8, 4) is 0 Å². The van der Waals surface area contributed by atoms with E-state index in [0.717, 1.165) is 11.3 Å². The summed E-state index contributed by atoms with van der Waals surface area (Å²) in [7, 11) is 0. The van der Waals surface area contributed by atoms with Gasteiger partial charge in [0.15, 0.2) is 10.5 Å². The van der Waals surface area contributed by atoms with Gasteiger partial charge in [-0.05, 0) is 19.2 Å². The van der Waals surface area contributed by atoms with Gasteiger partial charge in [0.05, 0.1) is 15.1 Å². The van der Waals surface area contributed by atoms with E-state index in [9.17, 15) is 14.9 Å². The summed E-state index contributed by atoms with van der Waals surface area (Å²) >= 11 is 2.90. The van der Waals surface area contributed by atoms with Gasteiger partial charge in [0.25, 0.3) is 5.69 Å². The lowest BCUT2D eigenvalue weighted by molar-refractivity contribution is -0.384. The lowest BCUT2D eigenvalue weighted by atomic mass is 10.3. The normalized spacial score (nSPS) is 12.0. The third-order valence-corrected chi connectivity index (χ3v) is 5.07. The van der Waals surface area contributed by atoms with Crippen LogP contribution < -0.4 is 4.80 Å². The third-order valence-electron chi connectivity index (χ3n) is 3.44. The first-order chi connectivity index (χ1) is 12.0. The molecule has 0 unspecified atom stereocenters. The number of carbonyl (C=O) groups is 1. The van der Waals surface area contributed by atoms with Crippen molar-refractivity contribution in [2.75, 3.05) is 12.0 Å². The second kappa shape index (κ2) is 7.19. The molecule has 0 saturated carbocycles. The summed E-state index contributed by atoms with van der Waals surface area (Å²) in [5.74, 6) is 0.851. The Morgan fingerprint density at radius 1 is 1.48 bits per heavy atom. The molecule has 2 aromatic heterocycles. The molecule has 1 amide bonds.